The Bertz CT molecular complexity index is 2690. The summed E-state index contributed by atoms with van der Waals surface area (Å²) in [5.74, 6) is 1.09. The zero-order valence-electron chi connectivity index (χ0n) is 48.0. The van der Waals surface area contributed by atoms with Gasteiger partial charge in [-0.05, 0) is 106 Å². The predicted molar refractivity (Wildman–Crippen MR) is 332 cm³/mol. The van der Waals surface area contributed by atoms with Gasteiger partial charge >= 0.3 is 70.4 Å². The molecule has 6 rings (SSSR count). The van der Waals surface area contributed by atoms with E-state index < -0.39 is 7.25 Å². The summed E-state index contributed by atoms with van der Waals surface area (Å²) >= 11 is 19.7. The smallest absolute Gasteiger partial charge is 0.870 e. The third-order valence-corrected chi connectivity index (χ3v) is 12.0. The molecule has 464 valence electrons. The van der Waals surface area contributed by atoms with Crippen LogP contribution in [0.25, 0.3) is 0 Å². The average Bonchev–Trinajstić information content (AvgIpc) is 3.51. The van der Waals surface area contributed by atoms with Crippen LogP contribution in [-0.2, 0) is 33.6 Å². The van der Waals surface area contributed by atoms with Crippen LogP contribution in [0.15, 0.2) is 130 Å². The van der Waals surface area contributed by atoms with Gasteiger partial charge in [-0.3, -0.25) is 30.0 Å². The molecule has 6 aromatic carbocycles. The van der Waals surface area contributed by atoms with Gasteiger partial charge in [0.25, 0.3) is 0 Å². The first kappa shape index (κ1) is 88.0. The quantitative estimate of drug-likeness (QED) is 0.0646. The van der Waals surface area contributed by atoms with Gasteiger partial charge in [0.05, 0.1) is 42.7 Å². The Balaban J connectivity index is -0.000000458. The van der Waals surface area contributed by atoms with Crippen LogP contribution in [0.2, 0.25) is 0 Å². The summed E-state index contributed by atoms with van der Waals surface area (Å²) in [5.41, 5.74) is 3.13. The van der Waals surface area contributed by atoms with Crippen LogP contribution in [0, 0.1) is 0 Å². The van der Waals surface area contributed by atoms with Gasteiger partial charge in [0, 0.05) is 106 Å². The van der Waals surface area contributed by atoms with Gasteiger partial charge in [0.1, 0.15) is 34.5 Å². The van der Waals surface area contributed by atoms with Crippen LogP contribution in [0.5, 0.6) is 69.0 Å². The molecule has 0 aromatic heterocycles. The number of hydrogen-bond acceptors (Lipinski definition) is 18. The van der Waals surface area contributed by atoms with Gasteiger partial charge in [0.2, 0.25) is 0 Å². The molecule has 0 spiro atoms. The van der Waals surface area contributed by atoms with E-state index in [1.165, 1.54) is 79.9 Å². The van der Waals surface area contributed by atoms with Crippen molar-refractivity contribution in [2.45, 2.75) is 0 Å². The molecule has 0 aliphatic rings. The van der Waals surface area contributed by atoms with Gasteiger partial charge in [-0.2, -0.15) is 0 Å². The Hall–Kier alpha value is -4.38. The molecular formula is C54H54BBr6Co2F4N6NaO12. The summed E-state index contributed by atoms with van der Waals surface area (Å²) in [6, 6.07) is 20.0. The molecule has 0 aliphatic heterocycles. The van der Waals surface area contributed by atoms with Crippen LogP contribution < -0.4 is 88.6 Å². The minimum Gasteiger partial charge on any atom is -0.870 e. The van der Waals surface area contributed by atoms with Crippen molar-refractivity contribution in [2.75, 3.05) is 84.9 Å². The maximum Gasteiger partial charge on any atom is 3.00 e. The first-order valence-corrected chi connectivity index (χ1v) is 27.6. The molecule has 0 aliphatic carbocycles. The molecule has 0 saturated carbocycles. The molecular weight excluding hydrogens is 1630 g/mol. The van der Waals surface area contributed by atoms with Crippen molar-refractivity contribution in [3.05, 3.63) is 133 Å². The van der Waals surface area contributed by atoms with Gasteiger partial charge in [-0.25, -0.2) is 0 Å². The minimum absolute atomic E-state index is 0. The van der Waals surface area contributed by atoms with Crippen LogP contribution in [0.4, 0.5) is 17.3 Å². The fourth-order valence-corrected chi connectivity index (χ4v) is 8.58. The largest absolute Gasteiger partial charge is 3.00 e. The zero-order valence-corrected chi connectivity index (χ0v) is 61.6. The minimum atomic E-state index is -6.00. The molecule has 86 heavy (non-hydrogen) atoms. The number of hydrogen-bond donors (Lipinski definition) is 0. The summed E-state index contributed by atoms with van der Waals surface area (Å²) in [5, 5.41) is 69.0. The van der Waals surface area contributed by atoms with E-state index in [9.17, 15) is 47.9 Å². The van der Waals surface area contributed by atoms with Crippen molar-refractivity contribution in [3.8, 4) is 69.0 Å². The van der Waals surface area contributed by atoms with Gasteiger partial charge in [0.15, 0.2) is 0 Å². The summed E-state index contributed by atoms with van der Waals surface area (Å²) in [6.45, 7) is 0. The van der Waals surface area contributed by atoms with E-state index in [0.717, 1.165) is 26.8 Å². The maximum atomic E-state index is 11.5. The monoisotopic (exact) mass is 1680 g/mol. The van der Waals surface area contributed by atoms with Crippen LogP contribution in [0.1, 0.15) is 33.4 Å². The zero-order chi connectivity index (χ0) is 63.6. The Morgan fingerprint density at radius 1 is 0.302 bits per heavy atom. The maximum absolute atomic E-state index is 11.5. The van der Waals surface area contributed by atoms with E-state index in [1.54, 1.807) is 115 Å². The molecule has 0 bridgehead atoms. The summed E-state index contributed by atoms with van der Waals surface area (Å²) in [4.78, 5) is 22.7. The molecule has 0 saturated heterocycles. The van der Waals surface area contributed by atoms with Gasteiger partial charge < -0.3 is 76.3 Å². The Labute approximate surface area is 590 Å². The fraction of sp³-hybridized carbons (Fsp3) is 0.222. The van der Waals surface area contributed by atoms with E-state index in [0.29, 0.717) is 67.9 Å². The Morgan fingerprint density at radius 2 is 0.407 bits per heavy atom. The fourth-order valence-electron chi connectivity index (χ4n) is 5.85. The van der Waals surface area contributed by atoms with E-state index in [-0.39, 0.29) is 97.6 Å². The molecule has 6 aromatic rings. The van der Waals surface area contributed by atoms with E-state index in [2.05, 4.69) is 126 Å². The van der Waals surface area contributed by atoms with E-state index in [4.69, 9.17) is 28.4 Å². The molecule has 32 heteroatoms. The molecule has 0 atom stereocenters. The molecule has 0 fully saturated rings. The first-order chi connectivity index (χ1) is 39.1. The molecule has 0 amide bonds. The van der Waals surface area contributed by atoms with Crippen molar-refractivity contribution in [1.29, 1.82) is 0 Å². The van der Waals surface area contributed by atoms with Crippen molar-refractivity contribution in [2.24, 2.45) is 30.0 Å². The first-order valence-electron chi connectivity index (χ1n) is 22.8. The summed E-state index contributed by atoms with van der Waals surface area (Å²) in [7, 11) is 12.5. The number of ether oxygens (including phenoxy) is 6. The Morgan fingerprint density at radius 3 is 0.488 bits per heavy atom. The normalized spacial score (nSPS) is 10.4. The second-order valence-corrected chi connectivity index (χ2v) is 20.5. The average molecular weight is 1690 g/mol. The van der Waals surface area contributed by atoms with E-state index >= 15 is 0 Å². The van der Waals surface area contributed by atoms with E-state index in [1.807, 2.05) is 0 Å². The van der Waals surface area contributed by atoms with Crippen molar-refractivity contribution >= 4 is 140 Å². The van der Waals surface area contributed by atoms with Crippen LogP contribution in [-0.4, -0.2) is 129 Å². The molecule has 18 nitrogen and oxygen atoms in total. The van der Waals surface area contributed by atoms with Crippen LogP contribution in [0.3, 0.4) is 0 Å². The van der Waals surface area contributed by atoms with Crippen LogP contribution >= 0.6 is 95.6 Å². The number of rotatable bonds is 12. The third kappa shape index (κ3) is 33.3. The number of halogens is 10. The van der Waals surface area contributed by atoms with Gasteiger partial charge in [-0.15, -0.1) is 0 Å². The second-order valence-electron chi connectivity index (χ2n) is 15.0. The second kappa shape index (κ2) is 47.6. The molecule has 0 heterocycles. The van der Waals surface area contributed by atoms with Gasteiger partial charge in [-0.1, -0.05) is 130 Å². The number of benzene rings is 6. The van der Waals surface area contributed by atoms with Crippen molar-refractivity contribution in [3.63, 3.8) is 0 Å². The molecule has 0 unspecified atom stereocenters. The number of aliphatic imine (C=N–C) groups is 6. The van der Waals surface area contributed by atoms with Crippen molar-refractivity contribution in [1.82, 2.24) is 0 Å². The third-order valence-electron chi connectivity index (χ3n) is 9.22. The summed E-state index contributed by atoms with van der Waals surface area (Å²) < 4.78 is 73.3. The Kier molecular flexibility index (Phi) is 48.7. The summed E-state index contributed by atoms with van der Waals surface area (Å²) in [6.07, 6.45) is 9.06. The topological polar surface area (TPSA) is 268 Å². The SMILES string of the molecule is CN=Cc1cc(Br)cc(OC)c1[O-].CN=Cc1cc(Br)cc(OC)c1[O-].CN=Cc1cc(Br)cc(OC)c1[O-].CN=Cc1cc(Br)cc(OC)c1[O-].CN=Cc1cc(Br)cc(OC)c1[O-].CN=Cc1cc(Br)cc(OC)c1[O-].F[B-](F)(F)F.[Co+3].[Co+3].[Na+]. The number of nitrogens with zero attached hydrogens (tertiary/aromatic N) is 6. The standard InChI is InChI=1S/6C9H10BrNO2.BF4.2Co.Na/c6*1-11-5-6-3-7(10)4-8(13-2)9(6)12;2-1(3,4)5;;;/h6*3-5,12H,1-2H3;;;;/q;;;;;;-1;2*+3;+1/p-6. The molecule has 0 radical (unpaired) electrons. The predicted octanol–water partition coefficient (Wildman–Crippen LogP) is 7.78. The number of methoxy groups -OCH3 is 6. The molecule has 0 N–H and O–H groups in total. The van der Waals surface area contributed by atoms with Crippen molar-refractivity contribution < 1.29 is 139 Å².